The fourth-order valence-electron chi connectivity index (χ4n) is 1.33. The highest BCUT2D eigenvalue weighted by atomic mass is 16.5. The molecule has 0 saturated heterocycles. The number of hydrogen-bond acceptors (Lipinski definition) is 3. The lowest BCUT2D eigenvalue weighted by molar-refractivity contribution is -0.137. The highest BCUT2D eigenvalue weighted by Crippen LogP contribution is 2.18. The van der Waals surface area contributed by atoms with Crippen molar-refractivity contribution in [3.8, 4) is 5.75 Å². The Labute approximate surface area is 95.7 Å². The molecule has 0 aliphatic carbocycles. The predicted molar refractivity (Wildman–Crippen MR) is 62.5 cm³/mol. The maximum atomic E-state index is 10.8. The van der Waals surface area contributed by atoms with Crippen LogP contribution in [0.1, 0.15) is 12.5 Å². The normalized spacial score (nSPS) is 9.56. The zero-order chi connectivity index (χ0) is 11.8. The van der Waals surface area contributed by atoms with Crippen LogP contribution in [0.3, 0.4) is 0 Å². The molecule has 16 heavy (non-hydrogen) atoms. The van der Waals surface area contributed by atoms with Gasteiger partial charge in [-0.2, -0.15) is 0 Å². The molecule has 0 radical (unpaired) electrons. The number of esters is 1. The molecule has 0 bridgehead atoms. The molecule has 0 amide bonds. The van der Waals surface area contributed by atoms with Crippen molar-refractivity contribution in [3.05, 3.63) is 42.5 Å². The summed E-state index contributed by atoms with van der Waals surface area (Å²) in [5.41, 5.74) is 1.04. The SMILES string of the molecule is C=CC(=O)OCCc1ccccc1OCC. The minimum Gasteiger partial charge on any atom is -0.494 e. The van der Waals surface area contributed by atoms with Crippen LogP contribution in [0.5, 0.6) is 5.75 Å². The van der Waals surface area contributed by atoms with Gasteiger partial charge in [-0.15, -0.1) is 0 Å². The molecule has 0 aliphatic rings. The highest BCUT2D eigenvalue weighted by molar-refractivity contribution is 5.81. The minimum absolute atomic E-state index is 0.342. The third-order valence-corrected chi connectivity index (χ3v) is 2.05. The van der Waals surface area contributed by atoms with Crippen LogP contribution in [-0.4, -0.2) is 19.2 Å². The number of carbonyl (C=O) groups excluding carboxylic acids is 1. The third kappa shape index (κ3) is 3.77. The Morgan fingerprint density at radius 3 is 2.88 bits per heavy atom. The van der Waals surface area contributed by atoms with Crippen molar-refractivity contribution >= 4 is 5.97 Å². The first-order valence-electron chi connectivity index (χ1n) is 5.27. The van der Waals surface area contributed by atoms with Crippen molar-refractivity contribution in [2.24, 2.45) is 0 Å². The molecule has 1 rings (SSSR count). The molecule has 0 saturated carbocycles. The van der Waals surface area contributed by atoms with Crippen LogP contribution in [0.15, 0.2) is 36.9 Å². The number of benzene rings is 1. The third-order valence-electron chi connectivity index (χ3n) is 2.05. The topological polar surface area (TPSA) is 35.5 Å². The van der Waals surface area contributed by atoms with Crippen molar-refractivity contribution in [1.82, 2.24) is 0 Å². The summed E-state index contributed by atoms with van der Waals surface area (Å²) in [4.78, 5) is 10.8. The lowest BCUT2D eigenvalue weighted by atomic mass is 10.1. The number of para-hydroxylation sites is 1. The Balaban J connectivity index is 2.52. The Morgan fingerprint density at radius 2 is 2.19 bits per heavy atom. The summed E-state index contributed by atoms with van der Waals surface area (Å²) >= 11 is 0. The monoisotopic (exact) mass is 220 g/mol. The predicted octanol–water partition coefficient (Wildman–Crippen LogP) is 2.36. The van der Waals surface area contributed by atoms with Gasteiger partial charge in [0.1, 0.15) is 5.75 Å². The summed E-state index contributed by atoms with van der Waals surface area (Å²) in [6.07, 6.45) is 1.81. The molecule has 0 aromatic heterocycles. The van der Waals surface area contributed by atoms with E-state index in [-0.39, 0.29) is 0 Å². The van der Waals surface area contributed by atoms with E-state index in [1.54, 1.807) is 0 Å². The number of carbonyl (C=O) groups is 1. The van der Waals surface area contributed by atoms with E-state index < -0.39 is 5.97 Å². The summed E-state index contributed by atoms with van der Waals surface area (Å²) in [6.45, 7) is 6.24. The second-order valence-corrected chi connectivity index (χ2v) is 3.16. The van der Waals surface area contributed by atoms with E-state index in [2.05, 4.69) is 6.58 Å². The summed E-state index contributed by atoms with van der Waals surface area (Å²) in [5, 5.41) is 0. The van der Waals surface area contributed by atoms with Gasteiger partial charge >= 0.3 is 5.97 Å². The quantitative estimate of drug-likeness (QED) is 0.545. The van der Waals surface area contributed by atoms with Crippen molar-refractivity contribution in [2.45, 2.75) is 13.3 Å². The van der Waals surface area contributed by atoms with Gasteiger partial charge in [-0.25, -0.2) is 4.79 Å². The first kappa shape index (κ1) is 12.3. The van der Waals surface area contributed by atoms with E-state index in [0.717, 1.165) is 17.4 Å². The van der Waals surface area contributed by atoms with E-state index >= 15 is 0 Å². The number of hydrogen-bond donors (Lipinski definition) is 0. The van der Waals surface area contributed by atoms with E-state index in [0.29, 0.717) is 19.6 Å². The zero-order valence-electron chi connectivity index (χ0n) is 9.44. The molecule has 1 aromatic rings. The maximum absolute atomic E-state index is 10.8. The standard InChI is InChI=1S/C13H16O3/c1-3-13(14)16-10-9-11-7-5-6-8-12(11)15-4-2/h3,5-8H,1,4,9-10H2,2H3. The van der Waals surface area contributed by atoms with Crippen molar-refractivity contribution in [2.75, 3.05) is 13.2 Å². The van der Waals surface area contributed by atoms with E-state index in [9.17, 15) is 4.79 Å². The highest BCUT2D eigenvalue weighted by Gasteiger charge is 2.03. The molecule has 0 N–H and O–H groups in total. The Morgan fingerprint density at radius 1 is 1.44 bits per heavy atom. The summed E-state index contributed by atoms with van der Waals surface area (Å²) in [5.74, 6) is 0.452. The fraction of sp³-hybridized carbons (Fsp3) is 0.308. The average molecular weight is 220 g/mol. The number of ether oxygens (including phenoxy) is 2. The maximum Gasteiger partial charge on any atom is 0.330 e. The smallest absolute Gasteiger partial charge is 0.330 e. The van der Waals surface area contributed by atoms with Crippen LogP contribution < -0.4 is 4.74 Å². The van der Waals surface area contributed by atoms with Crippen LogP contribution in [0.2, 0.25) is 0 Å². The summed E-state index contributed by atoms with van der Waals surface area (Å²) in [6, 6.07) is 7.73. The molecular weight excluding hydrogens is 204 g/mol. The van der Waals surface area contributed by atoms with E-state index in [4.69, 9.17) is 9.47 Å². The molecule has 0 spiro atoms. The fourth-order valence-corrected chi connectivity index (χ4v) is 1.33. The van der Waals surface area contributed by atoms with Gasteiger partial charge < -0.3 is 9.47 Å². The second-order valence-electron chi connectivity index (χ2n) is 3.16. The molecule has 3 nitrogen and oxygen atoms in total. The molecule has 0 atom stereocenters. The Bertz CT molecular complexity index is 358. The minimum atomic E-state index is -0.395. The van der Waals surface area contributed by atoms with Gasteiger partial charge in [-0.05, 0) is 18.6 Å². The van der Waals surface area contributed by atoms with Crippen LogP contribution in [-0.2, 0) is 16.0 Å². The lowest BCUT2D eigenvalue weighted by Crippen LogP contribution is -2.05. The first-order valence-corrected chi connectivity index (χ1v) is 5.27. The van der Waals surface area contributed by atoms with Crippen LogP contribution in [0.4, 0.5) is 0 Å². The van der Waals surface area contributed by atoms with Crippen molar-refractivity contribution < 1.29 is 14.3 Å². The van der Waals surface area contributed by atoms with E-state index in [1.165, 1.54) is 0 Å². The lowest BCUT2D eigenvalue weighted by Gasteiger charge is -2.09. The molecule has 0 fully saturated rings. The average Bonchev–Trinajstić information content (AvgIpc) is 2.31. The summed E-state index contributed by atoms with van der Waals surface area (Å²) < 4.78 is 10.4. The van der Waals surface area contributed by atoms with Gasteiger partial charge in [0.15, 0.2) is 0 Å². The Hall–Kier alpha value is -1.77. The van der Waals surface area contributed by atoms with Crippen molar-refractivity contribution in [1.29, 1.82) is 0 Å². The number of rotatable bonds is 6. The van der Waals surface area contributed by atoms with Gasteiger partial charge in [0.2, 0.25) is 0 Å². The van der Waals surface area contributed by atoms with Gasteiger partial charge in [0.05, 0.1) is 13.2 Å². The zero-order valence-corrected chi connectivity index (χ0v) is 9.44. The molecule has 0 heterocycles. The molecular formula is C13H16O3. The molecule has 1 aromatic carbocycles. The molecule has 86 valence electrons. The molecule has 0 aliphatic heterocycles. The second kappa shape index (κ2) is 6.67. The first-order chi connectivity index (χ1) is 7.77. The molecule has 0 unspecified atom stereocenters. The molecule has 3 heteroatoms. The van der Waals surface area contributed by atoms with Gasteiger partial charge in [-0.1, -0.05) is 24.8 Å². The Kier molecular flexibility index (Phi) is 5.12. The van der Waals surface area contributed by atoms with Crippen LogP contribution in [0.25, 0.3) is 0 Å². The summed E-state index contributed by atoms with van der Waals surface area (Å²) in [7, 11) is 0. The van der Waals surface area contributed by atoms with Crippen molar-refractivity contribution in [3.63, 3.8) is 0 Å². The van der Waals surface area contributed by atoms with Gasteiger partial charge in [0, 0.05) is 12.5 Å². The van der Waals surface area contributed by atoms with Gasteiger partial charge in [-0.3, -0.25) is 0 Å². The van der Waals surface area contributed by atoms with E-state index in [1.807, 2.05) is 31.2 Å². The largest absolute Gasteiger partial charge is 0.494 e. The van der Waals surface area contributed by atoms with Gasteiger partial charge in [0.25, 0.3) is 0 Å². The van der Waals surface area contributed by atoms with Crippen LogP contribution in [0, 0.1) is 0 Å². The van der Waals surface area contributed by atoms with Crippen LogP contribution >= 0.6 is 0 Å².